The molecule has 21 heavy (non-hydrogen) atoms. The molecule has 0 spiro atoms. The molecule has 0 saturated carbocycles. The number of rotatable bonds is 3. The lowest BCUT2D eigenvalue weighted by atomic mass is 11.6. The fourth-order valence-electron chi connectivity index (χ4n) is 0.779. The summed E-state index contributed by atoms with van der Waals surface area (Å²) in [4.78, 5) is 8.00. The van der Waals surface area contributed by atoms with Crippen LogP contribution in [0.1, 0.15) is 0 Å². The zero-order valence-electron chi connectivity index (χ0n) is 16.0. The van der Waals surface area contributed by atoms with Crippen LogP contribution in [0.25, 0.3) is 0 Å². The predicted molar refractivity (Wildman–Crippen MR) is 103 cm³/mol. The van der Waals surface area contributed by atoms with Gasteiger partial charge in [0.05, 0.1) is 0 Å². The summed E-state index contributed by atoms with van der Waals surface area (Å²) in [5.74, 6) is 0. The highest BCUT2D eigenvalue weighted by atomic mass is 28.4. The summed E-state index contributed by atoms with van der Waals surface area (Å²) in [6.07, 6.45) is 0. The normalized spacial score (nSPS) is 9.10. The van der Waals surface area contributed by atoms with Crippen molar-refractivity contribution >= 4 is 42.6 Å². The van der Waals surface area contributed by atoms with E-state index in [0.717, 1.165) is 0 Å². The van der Waals surface area contributed by atoms with Crippen molar-refractivity contribution in [1.82, 2.24) is 0 Å². The molecule has 0 aliphatic heterocycles. The Hall–Kier alpha value is 0.218. The molecule has 0 amide bonds. The Morgan fingerprint density at radius 2 is 1.14 bits per heavy atom. The molecule has 0 saturated heterocycles. The topological polar surface area (TPSA) is 61.8 Å². The first-order valence-electron chi connectivity index (χ1n) is 6.85. The molecule has 0 unspecified atom stereocenters. The second-order valence-electron chi connectivity index (χ2n) is 5.17. The molecule has 0 N–H and O–H groups in total. The van der Waals surface area contributed by atoms with E-state index < -0.39 is 26.3 Å². The summed E-state index contributed by atoms with van der Waals surface area (Å²) in [5, 5.41) is 0. The molecule has 0 atom stereocenters. The molecule has 0 fully saturated rings. The smallest absolute Gasteiger partial charge is 0.321 e. The minimum Gasteiger partial charge on any atom is -0.436 e. The quantitative estimate of drug-likeness (QED) is 0.709. The number of carbonyl (C=O) groups is 1. The van der Waals surface area contributed by atoms with Crippen LogP contribution in [0.4, 0.5) is 0 Å². The largest absolute Gasteiger partial charge is 0.436 e. The van der Waals surface area contributed by atoms with Gasteiger partial charge >= 0.3 is 8.56 Å². The van der Waals surface area contributed by atoms with E-state index in [1.165, 1.54) is 0 Å². The lowest BCUT2D eigenvalue weighted by Gasteiger charge is -2.29. The minimum absolute atomic E-state index is 0.417. The highest BCUT2D eigenvalue weighted by molar-refractivity contribution is 6.81. The van der Waals surface area contributed by atoms with E-state index in [1.54, 1.807) is 27.9 Å². The Morgan fingerprint density at radius 3 is 1.19 bits per heavy atom. The van der Waals surface area contributed by atoms with Crippen molar-refractivity contribution in [2.75, 3.05) is 21.3 Å². The van der Waals surface area contributed by atoms with Crippen LogP contribution in [0.3, 0.4) is 0 Å². The molecular formula is C12H38O5Si4. The second kappa shape index (κ2) is 25.2. The molecule has 0 aliphatic rings. The van der Waals surface area contributed by atoms with Crippen LogP contribution in [-0.4, -0.2) is 63.9 Å². The van der Waals surface area contributed by atoms with E-state index in [4.69, 9.17) is 17.8 Å². The monoisotopic (exact) mass is 374 g/mol. The van der Waals surface area contributed by atoms with Crippen molar-refractivity contribution in [1.29, 1.82) is 0 Å². The maximum absolute atomic E-state index is 9.01. The van der Waals surface area contributed by atoms with Gasteiger partial charge in [0, 0.05) is 30.8 Å². The Labute approximate surface area is 139 Å². The van der Waals surface area contributed by atoms with Crippen LogP contribution >= 0.6 is 0 Å². The Balaban J connectivity index is -0.0000000642. The van der Waals surface area contributed by atoms with Gasteiger partial charge in [0.15, 0.2) is 8.32 Å². The van der Waals surface area contributed by atoms with Crippen molar-refractivity contribution < 1.29 is 22.5 Å². The fourth-order valence-corrected chi connectivity index (χ4v) is 7.01. The first kappa shape index (κ1) is 33.0. The van der Waals surface area contributed by atoms with Gasteiger partial charge in [-0.3, -0.25) is 0 Å². The van der Waals surface area contributed by atoms with Crippen molar-refractivity contribution in [3.05, 3.63) is 0 Å². The van der Waals surface area contributed by atoms with Crippen LogP contribution < -0.4 is 0 Å². The lowest BCUT2D eigenvalue weighted by Crippen LogP contribution is -2.43. The molecule has 0 aromatic heterocycles. The van der Waals surface area contributed by atoms with Crippen LogP contribution in [-0.2, 0) is 22.5 Å². The first-order chi connectivity index (χ1) is 9.51. The van der Waals surface area contributed by atoms with E-state index in [0.29, 0.717) is 9.52 Å². The highest BCUT2D eigenvalue weighted by Crippen LogP contribution is 2.13. The lowest BCUT2D eigenvalue weighted by molar-refractivity contribution is -0.0979. The summed E-state index contributed by atoms with van der Waals surface area (Å²) in [5.41, 5.74) is 0. The summed E-state index contributed by atoms with van der Waals surface area (Å²) in [6, 6.07) is 0. The highest BCUT2D eigenvalue weighted by Gasteiger charge is 2.29. The molecule has 0 aromatic rings. The van der Waals surface area contributed by atoms with Gasteiger partial charge in [0.1, 0.15) is 6.79 Å². The molecule has 0 heterocycles. The van der Waals surface area contributed by atoms with Gasteiger partial charge in [-0.05, 0) is 39.3 Å². The number of hydrogen-bond donors (Lipinski definition) is 0. The van der Waals surface area contributed by atoms with Crippen LogP contribution in [0, 0.1) is 0 Å². The van der Waals surface area contributed by atoms with E-state index in [2.05, 4.69) is 50.6 Å². The average molecular weight is 375 g/mol. The molecule has 9 heteroatoms. The van der Waals surface area contributed by atoms with Crippen molar-refractivity contribution in [2.45, 2.75) is 52.4 Å². The maximum Gasteiger partial charge on any atom is 0.321 e. The van der Waals surface area contributed by atoms with Crippen molar-refractivity contribution in [3.63, 3.8) is 0 Å². The molecule has 0 aromatic carbocycles. The molecule has 0 radical (unpaired) electrons. The van der Waals surface area contributed by atoms with Crippen molar-refractivity contribution in [2.24, 2.45) is 0 Å². The molecule has 132 valence electrons. The number of carbonyl (C=O) groups excluding carboxylic acids is 1. The minimum atomic E-state index is -1.75. The fraction of sp³-hybridized carbons (Fsp3) is 0.917. The van der Waals surface area contributed by atoms with E-state index in [1.807, 2.05) is 6.79 Å². The van der Waals surface area contributed by atoms with Gasteiger partial charge in [0.2, 0.25) is 0 Å². The van der Waals surface area contributed by atoms with Gasteiger partial charge in [0.25, 0.3) is 9.41 Å². The Kier molecular flexibility index (Phi) is 39.5. The third-order valence-corrected chi connectivity index (χ3v) is 6.44. The number of ether oxygens (including phenoxy) is 1. The molecule has 5 nitrogen and oxygen atoms in total. The second-order valence-corrected chi connectivity index (χ2v) is 15.3. The zero-order chi connectivity index (χ0) is 18.5. The SMILES string of the molecule is C=O.COC.CO[Si](C)(C)O[Si](C)(C)C.C[SiH2]C.C[SiH]=O. The van der Waals surface area contributed by atoms with E-state index in [9.17, 15) is 0 Å². The van der Waals surface area contributed by atoms with Gasteiger partial charge in [-0.15, -0.1) is 0 Å². The third-order valence-electron chi connectivity index (χ3n) is 1.04. The number of methoxy groups -OCH3 is 1. The molecule has 0 bridgehead atoms. The summed E-state index contributed by atoms with van der Waals surface area (Å²) in [7, 11) is 1.77. The predicted octanol–water partition coefficient (Wildman–Crippen LogP) is 2.33. The van der Waals surface area contributed by atoms with Gasteiger partial charge in [-0.25, -0.2) is 0 Å². The summed E-state index contributed by atoms with van der Waals surface area (Å²) >= 11 is 0. The third kappa shape index (κ3) is 79.0. The summed E-state index contributed by atoms with van der Waals surface area (Å²) < 4.78 is 24.4. The number of hydrogen-bond acceptors (Lipinski definition) is 5. The van der Waals surface area contributed by atoms with Gasteiger partial charge < -0.3 is 22.5 Å². The van der Waals surface area contributed by atoms with Gasteiger partial charge in [-0.1, -0.05) is 13.1 Å². The Bertz CT molecular complexity index is 185. The van der Waals surface area contributed by atoms with E-state index in [-0.39, 0.29) is 0 Å². The molecule has 0 rings (SSSR count). The van der Waals surface area contributed by atoms with Crippen LogP contribution in [0.2, 0.25) is 52.4 Å². The first-order valence-corrected chi connectivity index (χ1v) is 17.5. The average Bonchev–Trinajstić information content (AvgIpc) is 2.32. The molecule has 0 aliphatic carbocycles. The maximum atomic E-state index is 9.01. The Morgan fingerprint density at radius 1 is 0.952 bits per heavy atom. The van der Waals surface area contributed by atoms with E-state index >= 15 is 0 Å². The van der Waals surface area contributed by atoms with Crippen LogP contribution in [0.5, 0.6) is 0 Å². The standard InChI is InChI=1S/C6H18O2Si2.C2H6O.C2H8Si.CH4OSi.CH2O/c1-7-10(5,6)8-9(2,3)4;3*1-3-2;1-2/h1-6H3;1-2H3;3H2,1-2H3;3H,1H3;1H2. The van der Waals surface area contributed by atoms with Crippen LogP contribution in [0.15, 0.2) is 0 Å². The van der Waals surface area contributed by atoms with Gasteiger partial charge in [-0.2, -0.15) is 0 Å². The van der Waals surface area contributed by atoms with Crippen molar-refractivity contribution in [3.8, 4) is 0 Å². The molecular weight excluding hydrogens is 336 g/mol. The zero-order valence-corrected chi connectivity index (χ0v) is 20.6. The summed E-state index contributed by atoms with van der Waals surface area (Å²) in [6.45, 7) is 18.9.